The van der Waals surface area contributed by atoms with Crippen LogP contribution >= 0.6 is 0 Å². The zero-order valence-corrected chi connectivity index (χ0v) is 8.59. The average Bonchev–Trinajstić information content (AvgIpc) is 1.82. The monoisotopic (exact) mass is 172 g/mol. The smallest absolute Gasteiger partial charge is 0.158 e. The molecular weight excluding hydrogens is 152 g/mol. The Labute approximate surface area is 75.2 Å². The van der Waals surface area contributed by atoms with E-state index >= 15 is 0 Å². The van der Waals surface area contributed by atoms with Crippen LogP contribution in [0.3, 0.4) is 0 Å². The quantitative estimate of drug-likeness (QED) is 0.637. The van der Waals surface area contributed by atoms with Crippen molar-refractivity contribution in [1.29, 1.82) is 0 Å². The third-order valence-corrected chi connectivity index (χ3v) is 2.14. The van der Waals surface area contributed by atoms with Gasteiger partial charge in [-0.3, -0.25) is 0 Å². The minimum Gasteiger partial charge on any atom is -0.350 e. The third kappa shape index (κ3) is 2.76. The fourth-order valence-electron chi connectivity index (χ4n) is 1.79. The lowest BCUT2D eigenvalue weighted by Crippen LogP contribution is -2.42. The molecule has 12 heavy (non-hydrogen) atoms. The van der Waals surface area contributed by atoms with E-state index in [2.05, 4.69) is 27.7 Å². The molecule has 0 radical (unpaired) electrons. The van der Waals surface area contributed by atoms with Crippen molar-refractivity contribution in [3.63, 3.8) is 0 Å². The van der Waals surface area contributed by atoms with E-state index in [1.165, 1.54) is 0 Å². The Balaban J connectivity index is 2.46. The largest absolute Gasteiger partial charge is 0.350 e. The Morgan fingerprint density at radius 3 is 2.58 bits per heavy atom. The van der Waals surface area contributed by atoms with E-state index in [1.807, 2.05) is 0 Å². The topological polar surface area (TPSA) is 18.5 Å². The summed E-state index contributed by atoms with van der Waals surface area (Å²) < 4.78 is 11.4. The third-order valence-electron chi connectivity index (χ3n) is 2.14. The molecule has 0 N–H and O–H groups in total. The molecule has 1 aliphatic heterocycles. The molecule has 0 saturated carbocycles. The van der Waals surface area contributed by atoms with Gasteiger partial charge in [-0.05, 0) is 27.2 Å². The Kier molecular flexibility index (Phi) is 3.13. The first-order valence-electron chi connectivity index (χ1n) is 4.87. The summed E-state index contributed by atoms with van der Waals surface area (Å²) in [5, 5.41) is 0. The molecule has 0 bridgehead atoms. The van der Waals surface area contributed by atoms with Gasteiger partial charge in [0.05, 0.1) is 11.7 Å². The van der Waals surface area contributed by atoms with E-state index in [1.54, 1.807) is 0 Å². The van der Waals surface area contributed by atoms with Crippen molar-refractivity contribution in [3.05, 3.63) is 0 Å². The second-order valence-corrected chi connectivity index (χ2v) is 4.25. The van der Waals surface area contributed by atoms with Gasteiger partial charge in [0.2, 0.25) is 0 Å². The SMILES string of the molecule is CCC[C@@H]1O[C@@H](C)CC(C)(C)O1. The van der Waals surface area contributed by atoms with Gasteiger partial charge in [0, 0.05) is 6.42 Å². The summed E-state index contributed by atoms with van der Waals surface area (Å²) in [6, 6.07) is 0. The van der Waals surface area contributed by atoms with Crippen LogP contribution in [0, 0.1) is 0 Å². The van der Waals surface area contributed by atoms with Crippen LogP contribution < -0.4 is 0 Å². The van der Waals surface area contributed by atoms with Crippen LogP contribution in [0.5, 0.6) is 0 Å². The summed E-state index contributed by atoms with van der Waals surface area (Å²) in [5.41, 5.74) is -0.00248. The normalized spacial score (nSPS) is 35.0. The molecule has 2 heteroatoms. The lowest BCUT2D eigenvalue weighted by molar-refractivity contribution is -0.270. The van der Waals surface area contributed by atoms with E-state index in [-0.39, 0.29) is 11.9 Å². The summed E-state index contributed by atoms with van der Waals surface area (Å²) in [6.07, 6.45) is 3.48. The van der Waals surface area contributed by atoms with Gasteiger partial charge in [-0.25, -0.2) is 0 Å². The minimum atomic E-state index is -0.00248. The van der Waals surface area contributed by atoms with Crippen LogP contribution in [0.1, 0.15) is 47.0 Å². The van der Waals surface area contributed by atoms with E-state index in [0.29, 0.717) is 6.10 Å². The fraction of sp³-hybridized carbons (Fsp3) is 1.00. The molecule has 1 aliphatic rings. The Hall–Kier alpha value is -0.0800. The Bertz CT molecular complexity index is 143. The molecule has 1 rings (SSSR count). The van der Waals surface area contributed by atoms with Crippen molar-refractivity contribution in [2.75, 3.05) is 0 Å². The molecular formula is C10H20O2. The van der Waals surface area contributed by atoms with Crippen LogP contribution in [0.2, 0.25) is 0 Å². The first-order valence-corrected chi connectivity index (χ1v) is 4.87. The van der Waals surface area contributed by atoms with E-state index in [4.69, 9.17) is 9.47 Å². The van der Waals surface area contributed by atoms with Crippen molar-refractivity contribution in [1.82, 2.24) is 0 Å². The fourth-order valence-corrected chi connectivity index (χ4v) is 1.79. The van der Waals surface area contributed by atoms with Gasteiger partial charge < -0.3 is 9.47 Å². The summed E-state index contributed by atoms with van der Waals surface area (Å²) in [5.74, 6) is 0. The Morgan fingerprint density at radius 1 is 1.42 bits per heavy atom. The molecule has 0 spiro atoms. The first kappa shape index (κ1) is 10.0. The van der Waals surface area contributed by atoms with Gasteiger partial charge in [-0.1, -0.05) is 13.3 Å². The van der Waals surface area contributed by atoms with Gasteiger partial charge in [-0.2, -0.15) is 0 Å². The molecule has 2 nitrogen and oxygen atoms in total. The highest BCUT2D eigenvalue weighted by Gasteiger charge is 2.32. The number of hydrogen-bond acceptors (Lipinski definition) is 2. The molecule has 0 aliphatic carbocycles. The van der Waals surface area contributed by atoms with Gasteiger partial charge in [0.1, 0.15) is 0 Å². The molecule has 2 atom stereocenters. The summed E-state index contributed by atoms with van der Waals surface area (Å²) in [4.78, 5) is 0. The van der Waals surface area contributed by atoms with Crippen LogP contribution in [0.25, 0.3) is 0 Å². The molecule has 0 aromatic rings. The number of ether oxygens (including phenoxy) is 2. The second-order valence-electron chi connectivity index (χ2n) is 4.25. The maximum Gasteiger partial charge on any atom is 0.158 e. The molecule has 0 aromatic carbocycles. The molecule has 1 fully saturated rings. The van der Waals surface area contributed by atoms with Crippen LogP contribution in [0.15, 0.2) is 0 Å². The average molecular weight is 172 g/mol. The molecule has 1 heterocycles. The molecule has 1 saturated heterocycles. The summed E-state index contributed by atoms with van der Waals surface area (Å²) >= 11 is 0. The predicted molar refractivity (Wildman–Crippen MR) is 49.0 cm³/mol. The van der Waals surface area contributed by atoms with Crippen molar-refractivity contribution < 1.29 is 9.47 Å². The molecule has 0 unspecified atom stereocenters. The van der Waals surface area contributed by atoms with Crippen molar-refractivity contribution in [2.24, 2.45) is 0 Å². The zero-order valence-electron chi connectivity index (χ0n) is 8.59. The van der Waals surface area contributed by atoms with Gasteiger partial charge in [0.25, 0.3) is 0 Å². The highest BCUT2D eigenvalue weighted by Crippen LogP contribution is 2.28. The highest BCUT2D eigenvalue weighted by atomic mass is 16.7. The Morgan fingerprint density at radius 2 is 2.08 bits per heavy atom. The standard InChI is InChI=1S/C10H20O2/c1-5-6-9-11-8(2)7-10(3,4)12-9/h8-9H,5-7H2,1-4H3/t8-,9+/m0/s1. The number of rotatable bonds is 2. The maximum atomic E-state index is 5.76. The van der Waals surface area contributed by atoms with Crippen molar-refractivity contribution in [2.45, 2.75) is 65.0 Å². The van der Waals surface area contributed by atoms with E-state index < -0.39 is 0 Å². The van der Waals surface area contributed by atoms with Crippen LogP contribution in [-0.2, 0) is 9.47 Å². The van der Waals surface area contributed by atoms with Crippen molar-refractivity contribution in [3.8, 4) is 0 Å². The van der Waals surface area contributed by atoms with Gasteiger partial charge in [0.15, 0.2) is 6.29 Å². The zero-order chi connectivity index (χ0) is 9.19. The van der Waals surface area contributed by atoms with Gasteiger partial charge >= 0.3 is 0 Å². The highest BCUT2D eigenvalue weighted by molar-refractivity contribution is 4.77. The molecule has 0 amide bonds. The van der Waals surface area contributed by atoms with E-state index in [9.17, 15) is 0 Å². The van der Waals surface area contributed by atoms with E-state index in [0.717, 1.165) is 19.3 Å². The molecule has 0 aromatic heterocycles. The maximum absolute atomic E-state index is 5.76. The lowest BCUT2D eigenvalue weighted by Gasteiger charge is -2.39. The van der Waals surface area contributed by atoms with Gasteiger partial charge in [-0.15, -0.1) is 0 Å². The van der Waals surface area contributed by atoms with Crippen LogP contribution in [-0.4, -0.2) is 18.0 Å². The number of hydrogen-bond donors (Lipinski definition) is 0. The molecule has 72 valence electrons. The summed E-state index contributed by atoms with van der Waals surface area (Å²) in [6.45, 7) is 8.54. The van der Waals surface area contributed by atoms with Crippen LogP contribution in [0.4, 0.5) is 0 Å². The predicted octanol–water partition coefficient (Wildman–Crippen LogP) is 2.72. The summed E-state index contributed by atoms with van der Waals surface area (Å²) in [7, 11) is 0. The van der Waals surface area contributed by atoms with Crippen molar-refractivity contribution >= 4 is 0 Å². The second kappa shape index (κ2) is 3.75. The lowest BCUT2D eigenvalue weighted by atomic mass is 10.00. The minimum absolute atomic E-state index is 0.00248. The first-order chi connectivity index (χ1) is 5.53.